The molecule has 0 bridgehead atoms. The van der Waals surface area contributed by atoms with Gasteiger partial charge in [-0.1, -0.05) is 22.4 Å². The van der Waals surface area contributed by atoms with E-state index < -0.39 is 6.10 Å². The average molecular weight is 326 g/mol. The molecule has 2 aliphatic heterocycles. The van der Waals surface area contributed by atoms with Gasteiger partial charge in [0.2, 0.25) is 0 Å². The standard InChI is InChI=1S/C15H20BrNO2/c1-15(17-7-3-2-4-8-17)10-19-13-6-5-11(16)9-12(13)14(15)18/h5-6,9,14,18H,2-4,7-8,10H2,1H3/t14-,15+/m0/s1. The van der Waals surface area contributed by atoms with Crippen molar-refractivity contribution < 1.29 is 9.84 Å². The molecule has 4 heteroatoms. The Hall–Kier alpha value is -0.580. The zero-order valence-corrected chi connectivity index (χ0v) is 12.8. The first-order valence-corrected chi connectivity index (χ1v) is 7.76. The lowest BCUT2D eigenvalue weighted by molar-refractivity contribution is -0.0713. The Kier molecular flexibility index (Phi) is 3.58. The third kappa shape index (κ3) is 2.30. The molecule has 0 saturated carbocycles. The molecule has 19 heavy (non-hydrogen) atoms. The molecule has 0 spiro atoms. The molecule has 104 valence electrons. The molecule has 1 fully saturated rings. The highest BCUT2D eigenvalue weighted by molar-refractivity contribution is 9.10. The Balaban J connectivity index is 1.92. The number of halogens is 1. The van der Waals surface area contributed by atoms with E-state index in [4.69, 9.17) is 4.74 Å². The summed E-state index contributed by atoms with van der Waals surface area (Å²) >= 11 is 3.47. The van der Waals surface area contributed by atoms with Crippen LogP contribution in [0.15, 0.2) is 22.7 Å². The van der Waals surface area contributed by atoms with Crippen molar-refractivity contribution in [1.82, 2.24) is 4.90 Å². The number of rotatable bonds is 1. The molecule has 1 N–H and O–H groups in total. The minimum absolute atomic E-state index is 0.311. The topological polar surface area (TPSA) is 32.7 Å². The van der Waals surface area contributed by atoms with E-state index in [1.807, 2.05) is 18.2 Å². The van der Waals surface area contributed by atoms with Crippen molar-refractivity contribution in [2.45, 2.75) is 37.8 Å². The highest BCUT2D eigenvalue weighted by Crippen LogP contribution is 2.42. The summed E-state index contributed by atoms with van der Waals surface area (Å²) in [5.74, 6) is 0.810. The Labute approximate surface area is 122 Å². The van der Waals surface area contributed by atoms with Crippen LogP contribution < -0.4 is 4.74 Å². The van der Waals surface area contributed by atoms with Gasteiger partial charge in [-0.2, -0.15) is 0 Å². The lowest BCUT2D eigenvalue weighted by Gasteiger charge is -2.48. The van der Waals surface area contributed by atoms with Gasteiger partial charge >= 0.3 is 0 Å². The van der Waals surface area contributed by atoms with E-state index in [0.717, 1.165) is 28.9 Å². The molecule has 1 aromatic rings. The van der Waals surface area contributed by atoms with Crippen LogP contribution >= 0.6 is 15.9 Å². The zero-order chi connectivity index (χ0) is 13.5. The molecule has 0 unspecified atom stereocenters. The number of hydrogen-bond acceptors (Lipinski definition) is 3. The zero-order valence-electron chi connectivity index (χ0n) is 11.2. The molecule has 3 nitrogen and oxygen atoms in total. The maximum atomic E-state index is 10.8. The number of fused-ring (bicyclic) bond motifs is 1. The Morgan fingerprint density at radius 1 is 1.32 bits per heavy atom. The molecule has 1 aromatic carbocycles. The van der Waals surface area contributed by atoms with Gasteiger partial charge in [-0.15, -0.1) is 0 Å². The smallest absolute Gasteiger partial charge is 0.125 e. The van der Waals surface area contributed by atoms with Gasteiger partial charge in [-0.25, -0.2) is 0 Å². The molecule has 1 saturated heterocycles. The van der Waals surface area contributed by atoms with Gasteiger partial charge in [0.15, 0.2) is 0 Å². The minimum Gasteiger partial charge on any atom is -0.491 e. The summed E-state index contributed by atoms with van der Waals surface area (Å²) in [7, 11) is 0. The van der Waals surface area contributed by atoms with Gasteiger partial charge in [0.05, 0.1) is 5.54 Å². The van der Waals surface area contributed by atoms with Crippen molar-refractivity contribution in [3.05, 3.63) is 28.2 Å². The lowest BCUT2D eigenvalue weighted by atomic mass is 9.84. The number of aliphatic hydroxyl groups excluding tert-OH is 1. The van der Waals surface area contributed by atoms with E-state index in [1.165, 1.54) is 19.3 Å². The van der Waals surface area contributed by atoms with Crippen LogP contribution in [0, 0.1) is 0 Å². The second-order valence-electron chi connectivity index (χ2n) is 5.78. The molecule has 2 heterocycles. The van der Waals surface area contributed by atoms with Crippen LogP contribution in [0.5, 0.6) is 5.75 Å². The average Bonchev–Trinajstić information content (AvgIpc) is 2.45. The molecule has 3 rings (SSSR count). The van der Waals surface area contributed by atoms with E-state index in [0.29, 0.717) is 6.61 Å². The van der Waals surface area contributed by atoms with Crippen molar-refractivity contribution in [3.8, 4) is 5.75 Å². The SMILES string of the molecule is C[C@@]1(N2CCCCC2)COc2ccc(Br)cc2[C@@H]1O. The van der Waals surface area contributed by atoms with Crippen molar-refractivity contribution in [2.24, 2.45) is 0 Å². The number of ether oxygens (including phenoxy) is 1. The Morgan fingerprint density at radius 2 is 2.05 bits per heavy atom. The van der Waals surface area contributed by atoms with Crippen molar-refractivity contribution >= 4 is 15.9 Å². The summed E-state index contributed by atoms with van der Waals surface area (Å²) in [5, 5.41) is 10.8. The number of benzene rings is 1. The maximum absolute atomic E-state index is 10.8. The third-order valence-electron chi connectivity index (χ3n) is 4.45. The van der Waals surface area contributed by atoms with E-state index in [9.17, 15) is 5.11 Å². The molecule has 0 aromatic heterocycles. The summed E-state index contributed by atoms with van der Waals surface area (Å²) in [6, 6.07) is 5.86. The second-order valence-corrected chi connectivity index (χ2v) is 6.69. The predicted molar refractivity (Wildman–Crippen MR) is 78.4 cm³/mol. The van der Waals surface area contributed by atoms with Gasteiger partial charge in [0.1, 0.15) is 18.5 Å². The number of hydrogen-bond donors (Lipinski definition) is 1. The molecule has 0 radical (unpaired) electrons. The van der Waals surface area contributed by atoms with E-state index >= 15 is 0 Å². The summed E-state index contributed by atoms with van der Waals surface area (Å²) in [6.45, 7) is 4.79. The van der Waals surface area contributed by atoms with E-state index in [-0.39, 0.29) is 5.54 Å². The van der Waals surface area contributed by atoms with Crippen LogP contribution in [0.4, 0.5) is 0 Å². The number of likely N-dealkylation sites (tertiary alicyclic amines) is 1. The molecular weight excluding hydrogens is 306 g/mol. The molecule has 0 aliphatic carbocycles. The van der Waals surface area contributed by atoms with E-state index in [2.05, 4.69) is 27.8 Å². The Bertz CT molecular complexity index is 473. The molecular formula is C15H20BrNO2. The summed E-state index contributed by atoms with van der Waals surface area (Å²) in [6.07, 6.45) is 3.24. The van der Waals surface area contributed by atoms with Gasteiger partial charge in [0.25, 0.3) is 0 Å². The number of nitrogens with zero attached hydrogens (tertiary/aromatic N) is 1. The van der Waals surface area contributed by atoms with Crippen LogP contribution in [0.3, 0.4) is 0 Å². The lowest BCUT2D eigenvalue weighted by Crippen LogP contribution is -2.57. The van der Waals surface area contributed by atoms with Gasteiger partial charge < -0.3 is 9.84 Å². The van der Waals surface area contributed by atoms with Gasteiger partial charge in [-0.3, -0.25) is 4.90 Å². The van der Waals surface area contributed by atoms with Crippen LogP contribution in [0.1, 0.15) is 37.9 Å². The summed E-state index contributed by atoms with van der Waals surface area (Å²) < 4.78 is 6.88. The minimum atomic E-state index is -0.494. The summed E-state index contributed by atoms with van der Waals surface area (Å²) in [5.41, 5.74) is 0.586. The largest absolute Gasteiger partial charge is 0.491 e. The van der Waals surface area contributed by atoms with E-state index in [1.54, 1.807) is 0 Å². The summed E-state index contributed by atoms with van der Waals surface area (Å²) in [4.78, 5) is 2.39. The fraction of sp³-hybridized carbons (Fsp3) is 0.600. The maximum Gasteiger partial charge on any atom is 0.125 e. The molecule has 2 aliphatic rings. The highest BCUT2D eigenvalue weighted by Gasteiger charge is 2.44. The van der Waals surface area contributed by atoms with Crippen LogP contribution in [0.25, 0.3) is 0 Å². The van der Waals surface area contributed by atoms with Crippen LogP contribution in [0.2, 0.25) is 0 Å². The predicted octanol–water partition coefficient (Wildman–Crippen LogP) is 3.12. The first-order chi connectivity index (χ1) is 9.11. The first-order valence-electron chi connectivity index (χ1n) is 6.96. The van der Waals surface area contributed by atoms with Gasteiger partial charge in [-0.05, 0) is 51.1 Å². The number of aliphatic hydroxyl groups is 1. The van der Waals surface area contributed by atoms with Crippen LogP contribution in [-0.2, 0) is 0 Å². The fourth-order valence-corrected chi connectivity index (χ4v) is 3.55. The fourth-order valence-electron chi connectivity index (χ4n) is 3.17. The molecule has 2 atom stereocenters. The van der Waals surface area contributed by atoms with Crippen LogP contribution in [-0.4, -0.2) is 35.2 Å². The molecule has 0 amide bonds. The second kappa shape index (κ2) is 5.08. The van der Waals surface area contributed by atoms with Crippen molar-refractivity contribution in [1.29, 1.82) is 0 Å². The van der Waals surface area contributed by atoms with Gasteiger partial charge in [0, 0.05) is 10.0 Å². The normalized spacial score (nSPS) is 31.6. The Morgan fingerprint density at radius 3 is 2.79 bits per heavy atom. The monoisotopic (exact) mass is 325 g/mol. The highest BCUT2D eigenvalue weighted by atomic mass is 79.9. The third-order valence-corrected chi connectivity index (χ3v) is 4.95. The van der Waals surface area contributed by atoms with Crippen molar-refractivity contribution in [2.75, 3.05) is 19.7 Å². The first kappa shape index (κ1) is 13.4. The quantitative estimate of drug-likeness (QED) is 0.861. The van der Waals surface area contributed by atoms with Crippen molar-refractivity contribution in [3.63, 3.8) is 0 Å². The number of piperidine rings is 1.